The molecule has 0 heterocycles. The molecule has 6 N–H and O–H groups in total. The molecule has 0 saturated heterocycles. The van der Waals surface area contributed by atoms with E-state index >= 15 is 0 Å². The molecule has 0 aliphatic heterocycles. The lowest BCUT2D eigenvalue weighted by atomic mass is 10.2. The van der Waals surface area contributed by atoms with Crippen LogP contribution in [0.3, 0.4) is 0 Å². The van der Waals surface area contributed by atoms with Gasteiger partial charge in [-0.25, -0.2) is 21.6 Å². The van der Waals surface area contributed by atoms with Gasteiger partial charge in [0.15, 0.2) is 0 Å². The van der Waals surface area contributed by atoms with Crippen molar-refractivity contribution in [2.45, 2.75) is 22.3 Å². The third-order valence-electron chi connectivity index (χ3n) is 4.50. The molecule has 1 atom stereocenters. The maximum atomic E-state index is 12.3. The van der Waals surface area contributed by atoms with Crippen LogP contribution in [0.5, 0.6) is 0 Å². The number of carboxylic acids is 1. The second-order valence-corrected chi connectivity index (χ2v) is 10.4. The molecule has 2 aromatic carbocycles. The van der Waals surface area contributed by atoms with Gasteiger partial charge in [0.1, 0.15) is 11.9 Å². The number of carbonyl (C=O) groups excluding carboxylic acids is 1. The summed E-state index contributed by atoms with van der Waals surface area (Å²) >= 11 is 0. The molecule has 34 heavy (non-hydrogen) atoms. The van der Waals surface area contributed by atoms with E-state index in [1.165, 1.54) is 48.5 Å². The zero-order chi connectivity index (χ0) is 25.4. The van der Waals surface area contributed by atoms with Gasteiger partial charge in [-0.15, -0.1) is 0 Å². The summed E-state index contributed by atoms with van der Waals surface area (Å²) in [6, 6.07) is 11.1. The number of aliphatic carboxylic acids is 1. The monoisotopic (exact) mass is 511 g/mol. The summed E-state index contributed by atoms with van der Waals surface area (Å²) in [6.07, 6.45) is -0.306. The van der Waals surface area contributed by atoms with E-state index in [0.717, 1.165) is 0 Å². The van der Waals surface area contributed by atoms with Gasteiger partial charge in [-0.3, -0.25) is 15.0 Å². The van der Waals surface area contributed by atoms with Crippen molar-refractivity contribution in [2.24, 2.45) is 0 Å². The lowest BCUT2D eigenvalue weighted by Gasteiger charge is -2.15. The summed E-state index contributed by atoms with van der Waals surface area (Å²) < 4.78 is 53.6. The van der Waals surface area contributed by atoms with E-state index in [0.29, 0.717) is 5.56 Å². The molecule has 0 radical (unpaired) electrons. The molecular weight excluding hydrogens is 486 g/mol. The predicted molar refractivity (Wildman–Crippen MR) is 123 cm³/mol. The van der Waals surface area contributed by atoms with E-state index in [1.807, 2.05) is 4.72 Å². The summed E-state index contributed by atoms with van der Waals surface area (Å²) in [5.74, 6) is -2.04. The Balaban J connectivity index is 1.87. The van der Waals surface area contributed by atoms with Crippen LogP contribution in [0.15, 0.2) is 64.4 Å². The van der Waals surface area contributed by atoms with E-state index in [-0.39, 0.29) is 28.6 Å². The Kier molecular flexibility index (Phi) is 9.26. The van der Waals surface area contributed by atoms with E-state index in [4.69, 9.17) is 5.41 Å². The molecule has 0 saturated carbocycles. The molecule has 0 fully saturated rings. The fourth-order valence-corrected chi connectivity index (χ4v) is 4.91. The fourth-order valence-electron chi connectivity index (χ4n) is 2.67. The Hall–Kier alpha value is -3.33. The van der Waals surface area contributed by atoms with Crippen molar-refractivity contribution in [3.63, 3.8) is 0 Å². The molecule has 1 unspecified atom stereocenters. The van der Waals surface area contributed by atoms with Crippen LogP contribution in [-0.4, -0.2) is 65.8 Å². The van der Waals surface area contributed by atoms with Crippen molar-refractivity contribution < 1.29 is 31.5 Å². The zero-order valence-corrected chi connectivity index (χ0v) is 19.7. The number of benzene rings is 2. The Morgan fingerprint density at radius 1 is 0.941 bits per heavy atom. The van der Waals surface area contributed by atoms with E-state index in [2.05, 4.69) is 15.4 Å². The van der Waals surface area contributed by atoms with Crippen LogP contribution in [0.1, 0.15) is 12.0 Å². The van der Waals surface area contributed by atoms with Gasteiger partial charge in [0.25, 0.3) is 0 Å². The lowest BCUT2D eigenvalue weighted by molar-refractivity contribution is -0.138. The Morgan fingerprint density at radius 2 is 1.53 bits per heavy atom. The highest BCUT2D eigenvalue weighted by atomic mass is 32.2. The number of carbonyl (C=O) groups is 2. The minimum Gasteiger partial charge on any atom is -0.480 e. The SMILES string of the molecule is CNC(=N)c1ccc(S(=O)(=O)NCCC(=O)NCC(NS(=O)(=O)c2ccccc2)C(=O)O)cc1. The number of nitrogens with one attached hydrogen (secondary N) is 5. The molecular formula is C20H25N5O7S2. The number of carboxylic acid groups (broad SMARTS) is 1. The van der Waals surface area contributed by atoms with Gasteiger partial charge < -0.3 is 15.7 Å². The number of rotatable bonds is 12. The summed E-state index contributed by atoms with van der Waals surface area (Å²) in [4.78, 5) is 23.3. The molecule has 0 aliphatic rings. The number of amidine groups is 1. The molecule has 184 valence electrons. The average Bonchev–Trinajstić information content (AvgIpc) is 2.81. The molecule has 0 aromatic heterocycles. The molecule has 0 aliphatic carbocycles. The van der Waals surface area contributed by atoms with Crippen molar-refractivity contribution >= 4 is 37.8 Å². The smallest absolute Gasteiger partial charge is 0.323 e. The highest BCUT2D eigenvalue weighted by molar-refractivity contribution is 7.89. The summed E-state index contributed by atoms with van der Waals surface area (Å²) in [5.41, 5.74) is 0.497. The number of hydrogen-bond acceptors (Lipinski definition) is 7. The van der Waals surface area contributed by atoms with E-state index in [9.17, 15) is 31.5 Å². The topological polar surface area (TPSA) is 195 Å². The quantitative estimate of drug-likeness (QED) is 0.161. The maximum Gasteiger partial charge on any atom is 0.323 e. The second-order valence-electron chi connectivity index (χ2n) is 6.93. The van der Waals surface area contributed by atoms with Crippen LogP contribution in [0.25, 0.3) is 0 Å². The average molecular weight is 512 g/mol. The minimum absolute atomic E-state index is 0.0539. The maximum absolute atomic E-state index is 12.3. The first-order chi connectivity index (χ1) is 16.0. The van der Waals surface area contributed by atoms with Crippen molar-refractivity contribution in [3.8, 4) is 0 Å². The largest absolute Gasteiger partial charge is 0.480 e. The van der Waals surface area contributed by atoms with Crippen molar-refractivity contribution in [3.05, 3.63) is 60.2 Å². The van der Waals surface area contributed by atoms with Crippen LogP contribution in [0.2, 0.25) is 0 Å². The molecule has 2 rings (SSSR count). The summed E-state index contributed by atoms with van der Waals surface area (Å²) in [5, 5.41) is 21.9. The number of sulfonamides is 2. The lowest BCUT2D eigenvalue weighted by Crippen LogP contribution is -2.48. The van der Waals surface area contributed by atoms with Gasteiger partial charge in [0.2, 0.25) is 26.0 Å². The van der Waals surface area contributed by atoms with Gasteiger partial charge in [-0.2, -0.15) is 4.72 Å². The van der Waals surface area contributed by atoms with E-state index < -0.39 is 44.5 Å². The second kappa shape index (κ2) is 11.7. The first-order valence-corrected chi connectivity index (χ1v) is 12.9. The van der Waals surface area contributed by atoms with Gasteiger partial charge in [-0.1, -0.05) is 18.2 Å². The number of hydrogen-bond donors (Lipinski definition) is 6. The predicted octanol–water partition coefficient (Wildman–Crippen LogP) is -0.552. The van der Waals surface area contributed by atoms with Crippen LogP contribution in [0, 0.1) is 5.41 Å². The van der Waals surface area contributed by atoms with Crippen LogP contribution in [-0.2, 0) is 29.6 Å². The fraction of sp³-hybridized carbons (Fsp3) is 0.250. The third-order valence-corrected chi connectivity index (χ3v) is 7.46. The summed E-state index contributed by atoms with van der Waals surface area (Å²) in [6.45, 7) is -0.804. The molecule has 12 nitrogen and oxygen atoms in total. The molecule has 14 heteroatoms. The van der Waals surface area contributed by atoms with Crippen LogP contribution in [0.4, 0.5) is 0 Å². The highest BCUT2D eigenvalue weighted by Crippen LogP contribution is 2.11. The van der Waals surface area contributed by atoms with Crippen molar-refractivity contribution in [1.82, 2.24) is 20.1 Å². The third kappa shape index (κ3) is 7.62. The van der Waals surface area contributed by atoms with Crippen LogP contribution < -0.4 is 20.1 Å². The normalized spacial score (nSPS) is 12.5. The van der Waals surface area contributed by atoms with Gasteiger partial charge >= 0.3 is 5.97 Å². The van der Waals surface area contributed by atoms with Crippen molar-refractivity contribution in [2.75, 3.05) is 20.1 Å². The van der Waals surface area contributed by atoms with Gasteiger partial charge in [-0.05, 0) is 36.4 Å². The van der Waals surface area contributed by atoms with Gasteiger partial charge in [0, 0.05) is 32.1 Å². The standard InChI is InChI=1S/C20H25N5O7S2/c1-22-19(21)14-7-9-16(10-8-14)33(29,30)24-12-11-18(26)23-13-17(20(27)28)25-34(31,32)15-5-3-2-4-6-15/h2-10,17,24-25H,11-13H2,1H3,(H2,21,22)(H,23,26)(H,27,28). The molecule has 1 amide bonds. The first-order valence-electron chi connectivity index (χ1n) is 9.89. The Morgan fingerprint density at radius 3 is 2.09 bits per heavy atom. The zero-order valence-electron chi connectivity index (χ0n) is 18.1. The molecule has 0 spiro atoms. The van der Waals surface area contributed by atoms with Gasteiger partial charge in [0.05, 0.1) is 9.79 Å². The van der Waals surface area contributed by atoms with E-state index in [1.54, 1.807) is 13.1 Å². The van der Waals surface area contributed by atoms with Crippen LogP contribution >= 0.6 is 0 Å². The van der Waals surface area contributed by atoms with Crippen molar-refractivity contribution in [1.29, 1.82) is 5.41 Å². The Labute approximate surface area is 197 Å². The highest BCUT2D eigenvalue weighted by Gasteiger charge is 2.25. The number of amides is 1. The minimum atomic E-state index is -4.12. The Bertz CT molecular complexity index is 1230. The molecule has 2 aromatic rings. The summed E-state index contributed by atoms with van der Waals surface area (Å²) in [7, 11) is -6.47. The molecule has 0 bridgehead atoms. The first kappa shape index (κ1) is 26.9.